The van der Waals surface area contributed by atoms with Crippen LogP contribution in [0.1, 0.15) is 27.2 Å². The van der Waals surface area contributed by atoms with E-state index in [1.165, 1.54) is 18.9 Å². The van der Waals surface area contributed by atoms with Crippen molar-refractivity contribution in [1.82, 2.24) is 25.1 Å². The lowest BCUT2D eigenvalue weighted by Gasteiger charge is -2.18. The predicted octanol–water partition coefficient (Wildman–Crippen LogP) is 2.16. The van der Waals surface area contributed by atoms with Gasteiger partial charge in [-0.25, -0.2) is 4.79 Å². The van der Waals surface area contributed by atoms with Gasteiger partial charge in [0.1, 0.15) is 6.04 Å². The SMILES string of the molecule is CCn1c(SCC(=O)N[C@@H](CC(C)C)C(=O)OC)nnc1-c1ccncc1. The van der Waals surface area contributed by atoms with Crippen LogP contribution in [0.15, 0.2) is 29.7 Å². The van der Waals surface area contributed by atoms with Crippen molar-refractivity contribution in [2.24, 2.45) is 5.92 Å². The van der Waals surface area contributed by atoms with Gasteiger partial charge >= 0.3 is 5.97 Å². The summed E-state index contributed by atoms with van der Waals surface area (Å²) < 4.78 is 6.72. The summed E-state index contributed by atoms with van der Waals surface area (Å²) in [6.45, 7) is 6.64. The van der Waals surface area contributed by atoms with Crippen molar-refractivity contribution in [3.05, 3.63) is 24.5 Å². The Labute approximate surface area is 163 Å². The van der Waals surface area contributed by atoms with Gasteiger partial charge in [0, 0.05) is 24.5 Å². The van der Waals surface area contributed by atoms with E-state index in [1.807, 2.05) is 37.5 Å². The van der Waals surface area contributed by atoms with E-state index in [-0.39, 0.29) is 17.6 Å². The number of pyridine rings is 1. The van der Waals surface area contributed by atoms with Crippen LogP contribution in [0.2, 0.25) is 0 Å². The summed E-state index contributed by atoms with van der Waals surface area (Å²) in [5.74, 6) is 0.453. The van der Waals surface area contributed by atoms with Gasteiger partial charge in [-0.2, -0.15) is 0 Å². The minimum atomic E-state index is -0.639. The van der Waals surface area contributed by atoms with Gasteiger partial charge in [-0.05, 0) is 31.4 Å². The Morgan fingerprint density at radius 3 is 2.56 bits per heavy atom. The van der Waals surface area contributed by atoms with Gasteiger partial charge in [0.2, 0.25) is 5.91 Å². The minimum absolute atomic E-state index is 0.139. The summed E-state index contributed by atoms with van der Waals surface area (Å²) in [6.07, 6.45) is 3.93. The van der Waals surface area contributed by atoms with E-state index in [9.17, 15) is 9.59 Å². The first-order valence-electron chi connectivity index (χ1n) is 8.79. The maximum Gasteiger partial charge on any atom is 0.328 e. The first kappa shape index (κ1) is 20.9. The van der Waals surface area contributed by atoms with E-state index < -0.39 is 12.0 Å². The van der Waals surface area contributed by atoms with Crippen LogP contribution in [0.25, 0.3) is 11.4 Å². The standard InChI is InChI=1S/C18H25N5O3S/c1-5-23-16(13-6-8-19-9-7-13)21-22-18(23)27-11-15(24)20-14(10-12(2)3)17(25)26-4/h6-9,12,14H,5,10-11H2,1-4H3,(H,20,24)/t14-/m0/s1. The van der Waals surface area contributed by atoms with Crippen molar-refractivity contribution in [2.45, 2.75) is 44.9 Å². The summed E-state index contributed by atoms with van der Waals surface area (Å²) in [5.41, 5.74) is 0.915. The zero-order chi connectivity index (χ0) is 19.8. The number of aromatic nitrogens is 4. The first-order valence-corrected chi connectivity index (χ1v) is 9.78. The predicted molar refractivity (Wildman–Crippen MR) is 103 cm³/mol. The number of esters is 1. The Bertz CT molecular complexity index is 764. The quantitative estimate of drug-likeness (QED) is 0.516. The maximum atomic E-state index is 12.3. The molecule has 0 spiro atoms. The lowest BCUT2D eigenvalue weighted by atomic mass is 10.0. The fraction of sp³-hybridized carbons (Fsp3) is 0.500. The molecular formula is C18H25N5O3S. The molecule has 0 bridgehead atoms. The number of nitrogens with zero attached hydrogens (tertiary/aromatic N) is 4. The number of amides is 1. The molecule has 8 nitrogen and oxygen atoms in total. The van der Waals surface area contributed by atoms with Crippen molar-refractivity contribution < 1.29 is 14.3 Å². The number of carbonyl (C=O) groups is 2. The van der Waals surface area contributed by atoms with E-state index in [0.29, 0.717) is 18.1 Å². The average molecular weight is 391 g/mol. The molecule has 1 N–H and O–H groups in total. The molecular weight excluding hydrogens is 366 g/mol. The number of methoxy groups -OCH3 is 1. The third-order valence-corrected chi connectivity index (χ3v) is 4.80. The van der Waals surface area contributed by atoms with E-state index in [0.717, 1.165) is 11.4 Å². The van der Waals surface area contributed by atoms with Gasteiger partial charge in [0.25, 0.3) is 0 Å². The highest BCUT2D eigenvalue weighted by Gasteiger charge is 2.23. The second-order valence-corrected chi connectivity index (χ2v) is 7.29. The molecule has 2 heterocycles. The van der Waals surface area contributed by atoms with Gasteiger partial charge in [0.05, 0.1) is 12.9 Å². The zero-order valence-electron chi connectivity index (χ0n) is 16.0. The number of thioether (sulfide) groups is 1. The highest BCUT2D eigenvalue weighted by molar-refractivity contribution is 7.99. The molecule has 1 amide bonds. The maximum absolute atomic E-state index is 12.3. The number of ether oxygens (including phenoxy) is 1. The molecule has 0 unspecified atom stereocenters. The van der Waals surface area contributed by atoms with Crippen LogP contribution >= 0.6 is 11.8 Å². The monoisotopic (exact) mass is 391 g/mol. The molecule has 0 radical (unpaired) electrons. The number of carbonyl (C=O) groups excluding carboxylic acids is 2. The summed E-state index contributed by atoms with van der Waals surface area (Å²) in [6, 6.07) is 3.09. The third-order valence-electron chi connectivity index (χ3n) is 3.83. The highest BCUT2D eigenvalue weighted by atomic mass is 32.2. The second-order valence-electron chi connectivity index (χ2n) is 6.35. The molecule has 2 aromatic heterocycles. The van der Waals surface area contributed by atoms with Crippen LogP contribution < -0.4 is 5.32 Å². The Balaban J connectivity index is 2.02. The molecule has 9 heteroatoms. The van der Waals surface area contributed by atoms with Gasteiger partial charge < -0.3 is 14.6 Å². The number of rotatable bonds is 9. The van der Waals surface area contributed by atoms with Crippen molar-refractivity contribution in [1.29, 1.82) is 0 Å². The highest BCUT2D eigenvalue weighted by Crippen LogP contribution is 2.23. The Morgan fingerprint density at radius 2 is 1.96 bits per heavy atom. The lowest BCUT2D eigenvalue weighted by molar-refractivity contribution is -0.145. The molecule has 27 heavy (non-hydrogen) atoms. The van der Waals surface area contributed by atoms with E-state index >= 15 is 0 Å². The second kappa shape index (κ2) is 10.1. The van der Waals surface area contributed by atoms with Crippen molar-refractivity contribution in [3.8, 4) is 11.4 Å². The normalized spacial score (nSPS) is 12.0. The number of nitrogens with one attached hydrogen (secondary N) is 1. The third kappa shape index (κ3) is 5.78. The molecule has 0 aliphatic heterocycles. The van der Waals surface area contributed by atoms with Crippen LogP contribution in [-0.2, 0) is 20.9 Å². The van der Waals surface area contributed by atoms with Gasteiger partial charge in [0.15, 0.2) is 11.0 Å². The summed E-state index contributed by atoms with van der Waals surface area (Å²) in [5, 5.41) is 11.8. The zero-order valence-corrected chi connectivity index (χ0v) is 16.8. The largest absolute Gasteiger partial charge is 0.467 e. The fourth-order valence-corrected chi connectivity index (χ4v) is 3.40. The fourth-order valence-electron chi connectivity index (χ4n) is 2.59. The molecule has 0 aromatic carbocycles. The topological polar surface area (TPSA) is 99.0 Å². The van der Waals surface area contributed by atoms with Crippen molar-refractivity contribution in [2.75, 3.05) is 12.9 Å². The summed E-state index contributed by atoms with van der Waals surface area (Å²) >= 11 is 1.28. The molecule has 2 rings (SSSR count). The van der Waals surface area contributed by atoms with Crippen LogP contribution in [0.3, 0.4) is 0 Å². The Morgan fingerprint density at radius 1 is 1.26 bits per heavy atom. The summed E-state index contributed by atoms with van der Waals surface area (Å²) in [7, 11) is 1.32. The number of hydrogen-bond donors (Lipinski definition) is 1. The van der Waals surface area contributed by atoms with Crippen LogP contribution in [0.5, 0.6) is 0 Å². The number of hydrogen-bond acceptors (Lipinski definition) is 7. The molecule has 0 saturated carbocycles. The molecule has 0 saturated heterocycles. The Kier molecular flexibility index (Phi) is 7.78. The first-order chi connectivity index (χ1) is 13.0. The molecule has 1 atom stereocenters. The van der Waals surface area contributed by atoms with Crippen molar-refractivity contribution >= 4 is 23.6 Å². The van der Waals surface area contributed by atoms with Crippen LogP contribution in [0.4, 0.5) is 0 Å². The van der Waals surface area contributed by atoms with Crippen molar-refractivity contribution in [3.63, 3.8) is 0 Å². The van der Waals surface area contributed by atoms with Gasteiger partial charge in [-0.3, -0.25) is 9.78 Å². The van der Waals surface area contributed by atoms with Gasteiger partial charge in [-0.15, -0.1) is 10.2 Å². The Hall–Kier alpha value is -2.42. The minimum Gasteiger partial charge on any atom is -0.467 e. The molecule has 0 fully saturated rings. The van der Waals surface area contributed by atoms with Gasteiger partial charge in [-0.1, -0.05) is 25.6 Å². The molecule has 146 valence electrons. The van der Waals surface area contributed by atoms with E-state index in [1.54, 1.807) is 12.4 Å². The van der Waals surface area contributed by atoms with E-state index in [2.05, 4.69) is 20.5 Å². The average Bonchev–Trinajstić information content (AvgIpc) is 3.08. The molecule has 0 aliphatic rings. The smallest absolute Gasteiger partial charge is 0.328 e. The van der Waals surface area contributed by atoms with E-state index in [4.69, 9.17) is 4.74 Å². The molecule has 0 aliphatic carbocycles. The molecule has 2 aromatic rings. The summed E-state index contributed by atoms with van der Waals surface area (Å²) in [4.78, 5) is 28.2. The lowest BCUT2D eigenvalue weighted by Crippen LogP contribution is -2.43. The van der Waals surface area contributed by atoms with Crippen LogP contribution in [-0.4, -0.2) is 50.5 Å². The van der Waals surface area contributed by atoms with Crippen LogP contribution in [0, 0.1) is 5.92 Å².